The summed E-state index contributed by atoms with van der Waals surface area (Å²) in [5, 5.41) is 0. The molecule has 1 rings (SSSR count). The van der Waals surface area contributed by atoms with Gasteiger partial charge in [0.2, 0.25) is 0 Å². The summed E-state index contributed by atoms with van der Waals surface area (Å²) in [5.41, 5.74) is 0. The van der Waals surface area contributed by atoms with Gasteiger partial charge in [0.05, 0.1) is 0 Å². The van der Waals surface area contributed by atoms with Gasteiger partial charge in [-0.15, -0.1) is 0 Å². The summed E-state index contributed by atoms with van der Waals surface area (Å²) in [6.07, 6.45) is 2.85. The predicted molar refractivity (Wildman–Crippen MR) is 56.4 cm³/mol. The molecule has 1 heterocycles. The molecule has 0 aromatic carbocycles. The fourth-order valence-electron chi connectivity index (χ4n) is 2.01. The fourth-order valence-corrected chi connectivity index (χ4v) is 2.01. The quantitative estimate of drug-likeness (QED) is 0.686. The van der Waals surface area contributed by atoms with Crippen LogP contribution in [-0.2, 0) is 9.53 Å². The van der Waals surface area contributed by atoms with Gasteiger partial charge in [0.25, 0.3) is 0 Å². The number of carbonyl (C=O) groups is 1. The summed E-state index contributed by atoms with van der Waals surface area (Å²) < 4.78 is 5.32. The Kier molecular flexibility index (Phi) is 4.55. The van der Waals surface area contributed by atoms with Crippen molar-refractivity contribution in [1.82, 2.24) is 4.90 Å². The van der Waals surface area contributed by atoms with Crippen molar-refractivity contribution in [2.24, 2.45) is 0 Å². The SMILES string of the molecule is CC(=O)CC(C)N(C)C1CCOCC1. The number of hydrogen-bond acceptors (Lipinski definition) is 3. The van der Waals surface area contributed by atoms with Crippen LogP contribution in [0.1, 0.15) is 33.1 Å². The molecule has 1 fully saturated rings. The lowest BCUT2D eigenvalue weighted by Gasteiger charge is -2.35. The molecule has 1 saturated heterocycles. The maximum Gasteiger partial charge on any atom is 0.131 e. The van der Waals surface area contributed by atoms with E-state index in [4.69, 9.17) is 4.74 Å². The third-order valence-electron chi connectivity index (χ3n) is 3.04. The second kappa shape index (κ2) is 5.47. The number of nitrogens with zero attached hydrogens (tertiary/aromatic N) is 1. The third kappa shape index (κ3) is 3.39. The van der Waals surface area contributed by atoms with Crippen LogP contribution in [0.3, 0.4) is 0 Å². The van der Waals surface area contributed by atoms with Crippen molar-refractivity contribution in [3.05, 3.63) is 0 Å². The molecule has 3 nitrogen and oxygen atoms in total. The van der Waals surface area contributed by atoms with Gasteiger partial charge >= 0.3 is 0 Å². The zero-order chi connectivity index (χ0) is 10.6. The minimum absolute atomic E-state index is 0.274. The van der Waals surface area contributed by atoms with Crippen LogP contribution >= 0.6 is 0 Å². The first-order valence-corrected chi connectivity index (χ1v) is 5.40. The smallest absolute Gasteiger partial charge is 0.131 e. The van der Waals surface area contributed by atoms with Crippen LogP contribution in [0.4, 0.5) is 0 Å². The second-order valence-corrected chi connectivity index (χ2v) is 4.26. The highest BCUT2D eigenvalue weighted by molar-refractivity contribution is 5.76. The van der Waals surface area contributed by atoms with Gasteiger partial charge in [-0.05, 0) is 33.7 Å². The number of ether oxygens (including phenoxy) is 1. The van der Waals surface area contributed by atoms with Crippen molar-refractivity contribution in [3.8, 4) is 0 Å². The van der Waals surface area contributed by atoms with E-state index in [0.717, 1.165) is 26.1 Å². The summed E-state index contributed by atoms with van der Waals surface area (Å²) in [4.78, 5) is 13.3. The number of hydrogen-bond donors (Lipinski definition) is 0. The van der Waals surface area contributed by atoms with Crippen LogP contribution in [0.25, 0.3) is 0 Å². The van der Waals surface area contributed by atoms with Gasteiger partial charge < -0.3 is 9.64 Å². The topological polar surface area (TPSA) is 29.5 Å². The van der Waals surface area contributed by atoms with Crippen LogP contribution in [-0.4, -0.2) is 43.0 Å². The van der Waals surface area contributed by atoms with E-state index < -0.39 is 0 Å². The molecule has 14 heavy (non-hydrogen) atoms. The van der Waals surface area contributed by atoms with E-state index in [-0.39, 0.29) is 5.78 Å². The van der Waals surface area contributed by atoms with Crippen molar-refractivity contribution in [3.63, 3.8) is 0 Å². The van der Waals surface area contributed by atoms with Crippen LogP contribution in [0.15, 0.2) is 0 Å². The number of carbonyl (C=O) groups excluding carboxylic acids is 1. The highest BCUT2D eigenvalue weighted by Crippen LogP contribution is 2.16. The summed E-state index contributed by atoms with van der Waals surface area (Å²) in [6.45, 7) is 5.51. The Morgan fingerprint density at radius 1 is 1.50 bits per heavy atom. The van der Waals surface area contributed by atoms with Crippen molar-refractivity contribution >= 4 is 5.78 Å². The predicted octanol–water partition coefficient (Wildman–Crippen LogP) is 1.46. The van der Waals surface area contributed by atoms with E-state index in [1.807, 2.05) is 0 Å². The van der Waals surface area contributed by atoms with Crippen molar-refractivity contribution in [1.29, 1.82) is 0 Å². The Balaban J connectivity index is 2.37. The van der Waals surface area contributed by atoms with Crippen molar-refractivity contribution < 1.29 is 9.53 Å². The first-order valence-electron chi connectivity index (χ1n) is 5.40. The molecule has 0 aliphatic carbocycles. The summed E-state index contributed by atoms with van der Waals surface area (Å²) in [6, 6.07) is 0.952. The molecule has 0 radical (unpaired) electrons. The van der Waals surface area contributed by atoms with E-state index in [1.165, 1.54) is 0 Å². The Morgan fingerprint density at radius 3 is 2.57 bits per heavy atom. The van der Waals surface area contributed by atoms with E-state index in [0.29, 0.717) is 18.5 Å². The van der Waals surface area contributed by atoms with Crippen LogP contribution in [0.2, 0.25) is 0 Å². The maximum atomic E-state index is 11.0. The van der Waals surface area contributed by atoms with E-state index >= 15 is 0 Å². The molecular weight excluding hydrogens is 178 g/mol. The Hall–Kier alpha value is -0.410. The molecule has 0 amide bonds. The van der Waals surface area contributed by atoms with Crippen molar-refractivity contribution in [2.45, 2.75) is 45.2 Å². The number of ketones is 1. The molecule has 0 bridgehead atoms. The second-order valence-electron chi connectivity index (χ2n) is 4.26. The maximum absolute atomic E-state index is 11.0. The van der Waals surface area contributed by atoms with Crippen LogP contribution < -0.4 is 0 Å². The Bertz CT molecular complexity index is 188. The highest BCUT2D eigenvalue weighted by atomic mass is 16.5. The Morgan fingerprint density at radius 2 is 2.07 bits per heavy atom. The number of Topliss-reactive ketones (excluding diaryl/α,β-unsaturated/α-hetero) is 1. The highest BCUT2D eigenvalue weighted by Gasteiger charge is 2.22. The lowest BCUT2D eigenvalue weighted by atomic mass is 10.0. The van der Waals surface area contributed by atoms with Gasteiger partial charge in [0.15, 0.2) is 0 Å². The molecule has 0 N–H and O–H groups in total. The normalized spacial score (nSPS) is 21.1. The lowest BCUT2D eigenvalue weighted by molar-refractivity contribution is -0.118. The molecule has 0 aromatic rings. The molecule has 1 atom stereocenters. The minimum Gasteiger partial charge on any atom is -0.381 e. The van der Waals surface area contributed by atoms with Gasteiger partial charge in [0.1, 0.15) is 5.78 Å². The summed E-state index contributed by atoms with van der Waals surface area (Å²) in [5.74, 6) is 0.274. The molecule has 0 aromatic heterocycles. The largest absolute Gasteiger partial charge is 0.381 e. The van der Waals surface area contributed by atoms with Crippen molar-refractivity contribution in [2.75, 3.05) is 20.3 Å². The average Bonchev–Trinajstić information content (AvgIpc) is 2.17. The van der Waals surface area contributed by atoms with Gasteiger partial charge in [0, 0.05) is 31.7 Å². The zero-order valence-corrected chi connectivity index (χ0v) is 9.45. The third-order valence-corrected chi connectivity index (χ3v) is 3.04. The van der Waals surface area contributed by atoms with E-state index in [2.05, 4.69) is 18.9 Å². The lowest BCUT2D eigenvalue weighted by Crippen LogP contribution is -2.42. The minimum atomic E-state index is 0.274. The van der Waals surface area contributed by atoms with E-state index in [1.54, 1.807) is 6.92 Å². The van der Waals surface area contributed by atoms with E-state index in [9.17, 15) is 4.79 Å². The molecular formula is C11H21NO2. The average molecular weight is 199 g/mol. The molecule has 3 heteroatoms. The van der Waals surface area contributed by atoms with Gasteiger partial charge in [-0.3, -0.25) is 4.79 Å². The zero-order valence-electron chi connectivity index (χ0n) is 9.45. The van der Waals surface area contributed by atoms with Crippen LogP contribution in [0, 0.1) is 0 Å². The summed E-state index contributed by atoms with van der Waals surface area (Å²) >= 11 is 0. The molecule has 1 unspecified atom stereocenters. The molecule has 1 aliphatic rings. The molecule has 0 spiro atoms. The molecule has 1 aliphatic heterocycles. The molecule has 82 valence electrons. The summed E-state index contributed by atoms with van der Waals surface area (Å²) in [7, 11) is 2.11. The van der Waals surface area contributed by atoms with Gasteiger partial charge in [-0.2, -0.15) is 0 Å². The fraction of sp³-hybridized carbons (Fsp3) is 0.909. The number of rotatable bonds is 4. The van der Waals surface area contributed by atoms with Gasteiger partial charge in [-0.25, -0.2) is 0 Å². The monoisotopic (exact) mass is 199 g/mol. The standard InChI is InChI=1S/C11H21NO2/c1-9(8-10(2)13)12(3)11-4-6-14-7-5-11/h9,11H,4-8H2,1-3H3. The molecule has 0 saturated carbocycles. The van der Waals surface area contributed by atoms with Gasteiger partial charge in [-0.1, -0.05) is 0 Å². The first-order chi connectivity index (χ1) is 6.61. The first kappa shape index (κ1) is 11.7. The Labute approximate surface area is 86.4 Å². The van der Waals surface area contributed by atoms with Crippen LogP contribution in [0.5, 0.6) is 0 Å².